The lowest BCUT2D eigenvalue weighted by atomic mass is 9.91. The van der Waals surface area contributed by atoms with Crippen LogP contribution in [0.25, 0.3) is 16.5 Å². The summed E-state index contributed by atoms with van der Waals surface area (Å²) in [4.78, 5) is 28.4. The Labute approximate surface area is 214 Å². The van der Waals surface area contributed by atoms with Gasteiger partial charge in [0.2, 0.25) is 0 Å². The average Bonchev–Trinajstić information content (AvgIpc) is 3.15. The van der Waals surface area contributed by atoms with Crippen molar-refractivity contribution in [2.45, 2.75) is 19.9 Å². The SMILES string of the molecule is CCOc1ccc(/C(O)=C2/C(=O)C(=O)N(c3ccc(Cl)cc3)C2c2cccc3ccccc23)cc1C. The zero-order valence-electron chi connectivity index (χ0n) is 19.9. The summed E-state index contributed by atoms with van der Waals surface area (Å²) in [6, 6.07) is 24.7. The molecule has 180 valence electrons. The predicted octanol–water partition coefficient (Wildman–Crippen LogP) is 6.83. The van der Waals surface area contributed by atoms with Gasteiger partial charge in [-0.1, -0.05) is 54.1 Å². The Balaban J connectivity index is 1.76. The van der Waals surface area contributed by atoms with Gasteiger partial charge in [0, 0.05) is 16.3 Å². The molecule has 4 aromatic carbocycles. The highest BCUT2D eigenvalue weighted by atomic mass is 35.5. The maximum atomic E-state index is 13.5. The summed E-state index contributed by atoms with van der Waals surface area (Å²) >= 11 is 6.09. The lowest BCUT2D eigenvalue weighted by molar-refractivity contribution is -0.132. The number of aryl methyl sites for hydroxylation is 1. The molecule has 0 aliphatic carbocycles. The molecule has 1 aliphatic heterocycles. The first kappa shape index (κ1) is 23.6. The molecule has 0 bridgehead atoms. The highest BCUT2D eigenvalue weighted by Crippen LogP contribution is 2.44. The van der Waals surface area contributed by atoms with Crippen LogP contribution < -0.4 is 9.64 Å². The Kier molecular flexibility index (Phi) is 6.25. The van der Waals surface area contributed by atoms with Crippen LogP contribution in [0.2, 0.25) is 5.02 Å². The van der Waals surface area contributed by atoms with Gasteiger partial charge in [0.05, 0.1) is 18.2 Å². The largest absolute Gasteiger partial charge is 0.507 e. The molecule has 5 nitrogen and oxygen atoms in total. The molecule has 1 N–H and O–H groups in total. The minimum absolute atomic E-state index is 0.0369. The number of Topliss-reactive ketones (excluding diaryl/α,β-unsaturated/α-hetero) is 1. The van der Waals surface area contributed by atoms with Crippen LogP contribution in [0, 0.1) is 6.92 Å². The number of ketones is 1. The third kappa shape index (κ3) is 4.01. The highest BCUT2D eigenvalue weighted by molar-refractivity contribution is 6.52. The summed E-state index contributed by atoms with van der Waals surface area (Å²) in [6.07, 6.45) is 0. The molecule has 1 fully saturated rings. The van der Waals surface area contributed by atoms with Gasteiger partial charge < -0.3 is 9.84 Å². The molecule has 1 saturated heterocycles. The number of ether oxygens (including phenoxy) is 1. The summed E-state index contributed by atoms with van der Waals surface area (Å²) in [5.41, 5.74) is 2.55. The Morgan fingerprint density at radius 2 is 1.69 bits per heavy atom. The Morgan fingerprint density at radius 1 is 0.972 bits per heavy atom. The van der Waals surface area contributed by atoms with Gasteiger partial charge in [-0.15, -0.1) is 0 Å². The minimum atomic E-state index is -0.829. The number of benzene rings is 4. The van der Waals surface area contributed by atoms with Crippen molar-refractivity contribution in [3.8, 4) is 5.75 Å². The Morgan fingerprint density at radius 3 is 2.42 bits per heavy atom. The quantitative estimate of drug-likeness (QED) is 0.186. The molecule has 1 heterocycles. The van der Waals surface area contributed by atoms with Crippen molar-refractivity contribution in [1.29, 1.82) is 0 Å². The summed E-state index contributed by atoms with van der Waals surface area (Å²) in [7, 11) is 0. The van der Waals surface area contributed by atoms with Crippen LogP contribution in [0.3, 0.4) is 0 Å². The fourth-order valence-electron chi connectivity index (χ4n) is 4.75. The van der Waals surface area contributed by atoms with E-state index in [2.05, 4.69) is 0 Å². The maximum absolute atomic E-state index is 13.5. The predicted molar refractivity (Wildman–Crippen MR) is 143 cm³/mol. The van der Waals surface area contributed by atoms with Crippen molar-refractivity contribution in [3.05, 3.63) is 112 Å². The third-order valence-electron chi connectivity index (χ3n) is 6.42. The average molecular weight is 498 g/mol. The number of halogens is 1. The van der Waals surface area contributed by atoms with E-state index < -0.39 is 17.7 Å². The number of nitrogens with zero attached hydrogens (tertiary/aromatic N) is 1. The van der Waals surface area contributed by atoms with Crippen molar-refractivity contribution in [1.82, 2.24) is 0 Å². The first-order valence-electron chi connectivity index (χ1n) is 11.7. The number of amides is 1. The molecule has 0 aromatic heterocycles. The smallest absolute Gasteiger partial charge is 0.300 e. The summed E-state index contributed by atoms with van der Waals surface area (Å²) in [6.45, 7) is 4.28. The summed E-state index contributed by atoms with van der Waals surface area (Å²) < 4.78 is 5.62. The van der Waals surface area contributed by atoms with Gasteiger partial charge in [-0.05, 0) is 78.2 Å². The van der Waals surface area contributed by atoms with E-state index >= 15 is 0 Å². The van der Waals surface area contributed by atoms with Gasteiger partial charge in [-0.2, -0.15) is 0 Å². The van der Waals surface area contributed by atoms with E-state index in [9.17, 15) is 14.7 Å². The van der Waals surface area contributed by atoms with Crippen molar-refractivity contribution in [2.24, 2.45) is 0 Å². The van der Waals surface area contributed by atoms with Crippen molar-refractivity contribution < 1.29 is 19.4 Å². The van der Waals surface area contributed by atoms with Gasteiger partial charge in [-0.3, -0.25) is 14.5 Å². The van der Waals surface area contributed by atoms with E-state index in [1.54, 1.807) is 42.5 Å². The molecular formula is C30H24ClNO4. The van der Waals surface area contributed by atoms with Gasteiger partial charge in [0.25, 0.3) is 11.7 Å². The Hall–Kier alpha value is -4.09. The third-order valence-corrected chi connectivity index (χ3v) is 6.67. The molecule has 6 heteroatoms. The molecule has 0 radical (unpaired) electrons. The molecule has 1 unspecified atom stereocenters. The lowest BCUT2D eigenvalue weighted by Crippen LogP contribution is -2.29. The molecule has 1 aliphatic rings. The molecule has 1 amide bonds. The standard InChI is InChI=1S/C30H24ClNO4/c1-3-36-25-16-11-20(17-18(25)2)28(33)26-27(24-10-6-8-19-7-4-5-9-23(19)24)32(30(35)29(26)34)22-14-12-21(31)13-15-22/h4-17,27,33H,3H2,1-2H3/b28-26-. The minimum Gasteiger partial charge on any atom is -0.507 e. The second-order valence-electron chi connectivity index (χ2n) is 8.63. The number of carbonyl (C=O) groups is 2. The lowest BCUT2D eigenvalue weighted by Gasteiger charge is -2.26. The number of carbonyl (C=O) groups excluding carboxylic acids is 2. The van der Waals surface area contributed by atoms with E-state index in [4.69, 9.17) is 16.3 Å². The maximum Gasteiger partial charge on any atom is 0.300 e. The number of fused-ring (bicyclic) bond motifs is 1. The zero-order valence-corrected chi connectivity index (χ0v) is 20.6. The van der Waals surface area contributed by atoms with Crippen LogP contribution in [0.1, 0.15) is 29.7 Å². The second kappa shape index (κ2) is 9.51. The van der Waals surface area contributed by atoms with E-state index in [0.717, 1.165) is 21.9 Å². The topological polar surface area (TPSA) is 66.8 Å². The van der Waals surface area contributed by atoms with E-state index in [1.807, 2.05) is 56.3 Å². The van der Waals surface area contributed by atoms with Crippen LogP contribution >= 0.6 is 11.6 Å². The molecule has 4 aromatic rings. The first-order valence-corrected chi connectivity index (χ1v) is 12.1. The summed E-state index contributed by atoms with van der Waals surface area (Å²) in [5.74, 6) is -0.985. The van der Waals surface area contributed by atoms with Crippen molar-refractivity contribution >= 4 is 45.5 Å². The number of aliphatic hydroxyl groups excluding tert-OH is 1. The number of rotatable bonds is 5. The van der Waals surface area contributed by atoms with Crippen LogP contribution in [-0.4, -0.2) is 23.4 Å². The van der Waals surface area contributed by atoms with Gasteiger partial charge >= 0.3 is 0 Å². The fourth-order valence-corrected chi connectivity index (χ4v) is 4.88. The second-order valence-corrected chi connectivity index (χ2v) is 9.06. The van der Waals surface area contributed by atoms with E-state index in [0.29, 0.717) is 28.6 Å². The number of hydrogen-bond donors (Lipinski definition) is 1. The van der Waals surface area contributed by atoms with E-state index in [-0.39, 0.29) is 11.3 Å². The number of anilines is 1. The van der Waals surface area contributed by atoms with Crippen molar-refractivity contribution in [3.63, 3.8) is 0 Å². The van der Waals surface area contributed by atoms with Gasteiger partial charge in [-0.25, -0.2) is 0 Å². The molecule has 5 rings (SSSR count). The van der Waals surface area contributed by atoms with Crippen LogP contribution in [0.5, 0.6) is 5.75 Å². The molecule has 1 atom stereocenters. The van der Waals surface area contributed by atoms with Crippen LogP contribution in [-0.2, 0) is 9.59 Å². The van der Waals surface area contributed by atoms with Crippen molar-refractivity contribution in [2.75, 3.05) is 11.5 Å². The Bertz CT molecular complexity index is 1520. The molecule has 0 saturated carbocycles. The normalized spacial score (nSPS) is 17.1. The van der Waals surface area contributed by atoms with Crippen LogP contribution in [0.15, 0.2) is 90.5 Å². The zero-order chi connectivity index (χ0) is 25.4. The molecule has 36 heavy (non-hydrogen) atoms. The molecular weight excluding hydrogens is 474 g/mol. The highest BCUT2D eigenvalue weighted by Gasteiger charge is 2.47. The first-order chi connectivity index (χ1) is 17.4. The summed E-state index contributed by atoms with van der Waals surface area (Å²) in [5, 5.41) is 13.9. The van der Waals surface area contributed by atoms with Gasteiger partial charge in [0.15, 0.2) is 0 Å². The number of aliphatic hydroxyl groups is 1. The number of hydrogen-bond acceptors (Lipinski definition) is 4. The van der Waals surface area contributed by atoms with E-state index in [1.165, 1.54) is 4.90 Å². The fraction of sp³-hybridized carbons (Fsp3) is 0.133. The monoisotopic (exact) mass is 497 g/mol. The van der Waals surface area contributed by atoms with Crippen LogP contribution in [0.4, 0.5) is 5.69 Å². The molecule has 0 spiro atoms. The van der Waals surface area contributed by atoms with Gasteiger partial charge in [0.1, 0.15) is 11.5 Å².